The van der Waals surface area contributed by atoms with E-state index in [1.54, 1.807) is 6.92 Å². The van der Waals surface area contributed by atoms with E-state index < -0.39 is 0 Å². The van der Waals surface area contributed by atoms with Gasteiger partial charge in [-0.25, -0.2) is 0 Å². The maximum Gasteiger partial charge on any atom is 0.216 e. The zero-order valence-corrected chi connectivity index (χ0v) is 13.5. The predicted molar refractivity (Wildman–Crippen MR) is 86.5 cm³/mol. The molecule has 118 valence electrons. The van der Waals surface area contributed by atoms with E-state index in [0.717, 1.165) is 39.1 Å². The first kappa shape index (κ1) is 16.2. The quantitative estimate of drug-likeness (QED) is 0.826. The maximum absolute atomic E-state index is 10.9. The number of amides is 1. The minimum Gasteiger partial charge on any atom is -0.355 e. The minimum atomic E-state index is 0.0546. The number of hydrogen-bond donors (Lipinski definition) is 1. The number of allylic oxidation sites excluding steroid dienone is 1. The third-order valence-electron chi connectivity index (χ3n) is 4.41. The van der Waals surface area contributed by atoms with Crippen LogP contribution in [0.1, 0.15) is 27.2 Å². The fourth-order valence-electron chi connectivity index (χ4n) is 3.16. The number of aliphatic imine (C=N–C) groups is 1. The summed E-state index contributed by atoms with van der Waals surface area (Å²) in [4.78, 5) is 20.3. The number of carbonyl (C=O) groups is 1. The number of nitrogens with one attached hydrogen (secondary N) is 1. The molecule has 5 nitrogen and oxygen atoms in total. The highest BCUT2D eigenvalue weighted by molar-refractivity contribution is 5.72. The van der Waals surface area contributed by atoms with Gasteiger partial charge in [-0.15, -0.1) is 0 Å². The summed E-state index contributed by atoms with van der Waals surface area (Å²) in [5, 5.41) is 2.89. The van der Waals surface area contributed by atoms with Gasteiger partial charge >= 0.3 is 0 Å². The second-order valence-corrected chi connectivity index (χ2v) is 6.31. The van der Waals surface area contributed by atoms with E-state index in [-0.39, 0.29) is 5.91 Å². The Balaban J connectivity index is 1.79. The average molecular weight is 292 g/mol. The van der Waals surface area contributed by atoms with Crippen LogP contribution in [-0.2, 0) is 4.79 Å². The van der Waals surface area contributed by atoms with Crippen LogP contribution < -0.4 is 5.32 Å². The lowest BCUT2D eigenvalue weighted by molar-refractivity contribution is -0.119. The molecule has 5 heteroatoms. The lowest BCUT2D eigenvalue weighted by Crippen LogP contribution is -2.58. The van der Waals surface area contributed by atoms with E-state index in [4.69, 9.17) is 0 Å². The van der Waals surface area contributed by atoms with Crippen LogP contribution in [0, 0.1) is 5.92 Å². The molecule has 0 saturated carbocycles. The molecule has 21 heavy (non-hydrogen) atoms. The number of carbonyl (C=O) groups excluding carboxylic acids is 1. The lowest BCUT2D eigenvalue weighted by Gasteiger charge is -2.45. The van der Waals surface area contributed by atoms with Gasteiger partial charge in [0, 0.05) is 70.1 Å². The molecule has 0 aromatic heterocycles. The molecule has 0 aromatic rings. The van der Waals surface area contributed by atoms with Crippen LogP contribution in [0.15, 0.2) is 17.3 Å². The van der Waals surface area contributed by atoms with Gasteiger partial charge in [-0.3, -0.25) is 19.6 Å². The van der Waals surface area contributed by atoms with Crippen molar-refractivity contribution >= 4 is 12.1 Å². The molecular formula is C16H28N4O. The van der Waals surface area contributed by atoms with Crippen molar-refractivity contribution in [3.8, 4) is 0 Å². The Morgan fingerprint density at radius 1 is 1.29 bits per heavy atom. The zero-order chi connectivity index (χ0) is 15.2. The number of hydrogen-bond acceptors (Lipinski definition) is 4. The van der Waals surface area contributed by atoms with Crippen molar-refractivity contribution in [1.29, 1.82) is 0 Å². The number of piperazine rings is 1. The van der Waals surface area contributed by atoms with Gasteiger partial charge in [-0.1, -0.05) is 6.08 Å². The topological polar surface area (TPSA) is 47.9 Å². The highest BCUT2D eigenvalue weighted by atomic mass is 16.1. The highest BCUT2D eigenvalue weighted by Gasteiger charge is 2.29. The van der Waals surface area contributed by atoms with E-state index in [2.05, 4.69) is 46.2 Å². The summed E-state index contributed by atoms with van der Waals surface area (Å²) in [5.74, 6) is 0.606. The van der Waals surface area contributed by atoms with Gasteiger partial charge in [0.1, 0.15) is 0 Å². The van der Waals surface area contributed by atoms with Crippen LogP contribution in [0.2, 0.25) is 0 Å². The van der Waals surface area contributed by atoms with E-state index in [9.17, 15) is 4.79 Å². The highest BCUT2D eigenvalue weighted by Crippen LogP contribution is 2.18. The third kappa shape index (κ3) is 4.93. The van der Waals surface area contributed by atoms with E-state index in [1.165, 1.54) is 0 Å². The molecule has 2 aliphatic heterocycles. The SMILES string of the molecule is CC(=O)NCCN1CC(C)N(CC2C=NC=CC2)C[C@@H]1C. The Labute approximate surface area is 128 Å². The first-order valence-electron chi connectivity index (χ1n) is 7.97. The molecule has 2 unspecified atom stereocenters. The fourth-order valence-corrected chi connectivity index (χ4v) is 3.16. The van der Waals surface area contributed by atoms with Gasteiger partial charge in [-0.2, -0.15) is 0 Å². The van der Waals surface area contributed by atoms with Crippen LogP contribution in [0.25, 0.3) is 0 Å². The predicted octanol–water partition coefficient (Wildman–Crippen LogP) is 1.12. The van der Waals surface area contributed by atoms with Crippen molar-refractivity contribution in [3.05, 3.63) is 12.3 Å². The molecular weight excluding hydrogens is 264 g/mol. The standard InChI is InChI=1S/C16H28N4O/c1-13-11-20(12-16-5-4-6-17-9-16)14(2)10-19(13)8-7-18-15(3)21/h4,6,9,13-14,16H,5,7-8,10-12H2,1-3H3,(H,18,21)/t13-,14?,16?/m0/s1. The Morgan fingerprint density at radius 3 is 2.67 bits per heavy atom. The maximum atomic E-state index is 10.9. The molecule has 0 radical (unpaired) electrons. The summed E-state index contributed by atoms with van der Waals surface area (Å²) in [6, 6.07) is 1.09. The summed E-state index contributed by atoms with van der Waals surface area (Å²) in [7, 11) is 0. The van der Waals surface area contributed by atoms with Crippen LogP contribution in [-0.4, -0.2) is 66.7 Å². The van der Waals surface area contributed by atoms with Gasteiger partial charge in [0.05, 0.1) is 0 Å². The second-order valence-electron chi connectivity index (χ2n) is 6.31. The summed E-state index contributed by atoms with van der Waals surface area (Å²) in [6.45, 7) is 11.1. The van der Waals surface area contributed by atoms with Crippen LogP contribution >= 0.6 is 0 Å². The van der Waals surface area contributed by atoms with Crippen molar-refractivity contribution in [2.75, 3.05) is 32.7 Å². The van der Waals surface area contributed by atoms with Gasteiger partial charge in [0.15, 0.2) is 0 Å². The Kier molecular flexibility index (Phi) is 5.94. The average Bonchev–Trinajstić information content (AvgIpc) is 2.45. The summed E-state index contributed by atoms with van der Waals surface area (Å²) < 4.78 is 0. The van der Waals surface area contributed by atoms with E-state index in [0.29, 0.717) is 18.0 Å². The molecule has 1 fully saturated rings. The lowest BCUT2D eigenvalue weighted by atomic mass is 10.0. The van der Waals surface area contributed by atoms with E-state index >= 15 is 0 Å². The molecule has 0 spiro atoms. The van der Waals surface area contributed by atoms with Crippen molar-refractivity contribution in [2.24, 2.45) is 10.9 Å². The Morgan fingerprint density at radius 2 is 2.00 bits per heavy atom. The molecule has 2 aliphatic rings. The Bertz CT molecular complexity index is 407. The number of rotatable bonds is 5. The van der Waals surface area contributed by atoms with Crippen molar-refractivity contribution < 1.29 is 4.79 Å². The first-order valence-corrected chi connectivity index (χ1v) is 7.97. The second kappa shape index (κ2) is 7.71. The largest absolute Gasteiger partial charge is 0.355 e. The van der Waals surface area contributed by atoms with E-state index in [1.807, 2.05) is 6.20 Å². The first-order chi connectivity index (χ1) is 10.1. The van der Waals surface area contributed by atoms with Crippen molar-refractivity contribution in [1.82, 2.24) is 15.1 Å². The van der Waals surface area contributed by atoms with Gasteiger partial charge in [-0.05, 0) is 20.3 Å². The summed E-state index contributed by atoms with van der Waals surface area (Å²) in [5.41, 5.74) is 0. The molecule has 1 N–H and O–H groups in total. The third-order valence-corrected chi connectivity index (χ3v) is 4.41. The monoisotopic (exact) mass is 292 g/mol. The van der Waals surface area contributed by atoms with Crippen LogP contribution in [0.4, 0.5) is 0 Å². The van der Waals surface area contributed by atoms with Crippen LogP contribution in [0.3, 0.4) is 0 Å². The molecule has 1 saturated heterocycles. The molecule has 3 atom stereocenters. The van der Waals surface area contributed by atoms with Gasteiger partial charge < -0.3 is 5.32 Å². The Hall–Kier alpha value is -1.20. The van der Waals surface area contributed by atoms with Crippen molar-refractivity contribution in [2.45, 2.75) is 39.3 Å². The van der Waals surface area contributed by atoms with Crippen LogP contribution in [0.5, 0.6) is 0 Å². The molecule has 1 amide bonds. The molecule has 2 rings (SSSR count). The summed E-state index contributed by atoms with van der Waals surface area (Å²) >= 11 is 0. The fraction of sp³-hybridized carbons (Fsp3) is 0.750. The summed E-state index contributed by atoms with van der Waals surface area (Å²) in [6.07, 6.45) is 7.23. The molecule has 0 bridgehead atoms. The normalized spacial score (nSPS) is 30.5. The molecule has 0 aromatic carbocycles. The van der Waals surface area contributed by atoms with Crippen molar-refractivity contribution in [3.63, 3.8) is 0 Å². The molecule has 0 aliphatic carbocycles. The smallest absolute Gasteiger partial charge is 0.216 e. The van der Waals surface area contributed by atoms with Gasteiger partial charge in [0.2, 0.25) is 5.91 Å². The van der Waals surface area contributed by atoms with Gasteiger partial charge in [0.25, 0.3) is 0 Å². The molecule has 2 heterocycles. The minimum absolute atomic E-state index is 0.0546. The zero-order valence-electron chi connectivity index (χ0n) is 13.5. The number of nitrogens with zero attached hydrogens (tertiary/aromatic N) is 3.